The number of rotatable bonds is 5. The van der Waals surface area contributed by atoms with Gasteiger partial charge in [0, 0.05) is 34.6 Å². The van der Waals surface area contributed by atoms with Crippen LogP contribution in [0.25, 0.3) is 22.0 Å². The molecule has 0 radical (unpaired) electrons. The summed E-state index contributed by atoms with van der Waals surface area (Å²) in [6, 6.07) is 21.8. The van der Waals surface area contributed by atoms with Crippen molar-refractivity contribution in [2.24, 2.45) is 12.8 Å². The zero-order chi connectivity index (χ0) is 26.6. The number of benzene rings is 3. The molecule has 0 aliphatic heterocycles. The lowest BCUT2D eigenvalue weighted by molar-refractivity contribution is 0.596. The second-order valence-electron chi connectivity index (χ2n) is 10.1. The first-order valence-corrected chi connectivity index (χ1v) is 13.0. The number of fused-ring (bicyclic) bond motifs is 1. The van der Waals surface area contributed by atoms with Crippen molar-refractivity contribution in [3.63, 3.8) is 0 Å². The van der Waals surface area contributed by atoms with Gasteiger partial charge in [-0.2, -0.15) is 0 Å². The molecule has 2 aromatic heterocycles. The van der Waals surface area contributed by atoms with Crippen molar-refractivity contribution in [2.75, 3.05) is 0 Å². The van der Waals surface area contributed by atoms with Gasteiger partial charge in [-0.3, -0.25) is 4.79 Å². The van der Waals surface area contributed by atoms with Crippen LogP contribution in [0.5, 0.6) is 0 Å². The summed E-state index contributed by atoms with van der Waals surface area (Å²) in [4.78, 5) is 18.0. The van der Waals surface area contributed by atoms with E-state index >= 15 is 0 Å². The number of hydrogen-bond donors (Lipinski definition) is 1. The second kappa shape index (κ2) is 9.02. The lowest BCUT2D eigenvalue weighted by Gasteiger charge is -2.32. The number of pyridine rings is 1. The molecule has 0 bridgehead atoms. The van der Waals surface area contributed by atoms with E-state index in [2.05, 4.69) is 17.0 Å². The van der Waals surface area contributed by atoms with Crippen molar-refractivity contribution < 1.29 is 0 Å². The highest BCUT2D eigenvalue weighted by molar-refractivity contribution is 6.30. The summed E-state index contributed by atoms with van der Waals surface area (Å²) < 4.78 is 3.89. The normalized spacial score (nSPS) is 14.8. The quantitative estimate of drug-likeness (QED) is 0.293. The molecule has 2 heterocycles. The number of halogens is 1. The maximum Gasteiger partial charge on any atom is 0.254 e. The molecular formula is C32H27ClN4O. The minimum absolute atomic E-state index is 0.0391. The van der Waals surface area contributed by atoms with Gasteiger partial charge in [0.15, 0.2) is 0 Å². The van der Waals surface area contributed by atoms with Crippen LogP contribution in [0.3, 0.4) is 0 Å². The Kier molecular flexibility index (Phi) is 5.75. The van der Waals surface area contributed by atoms with Crippen molar-refractivity contribution in [2.45, 2.75) is 31.3 Å². The fourth-order valence-corrected chi connectivity index (χ4v) is 5.66. The molecule has 1 atom stereocenters. The SMILES string of the molecule is C#Cc1cccc(-c2c(C)c(=O)n(C3CC3)c3ccc(C(N)(c4ccc(Cl)cc4)c4cncn4C)cc23)c1. The van der Waals surface area contributed by atoms with Gasteiger partial charge in [0.25, 0.3) is 5.56 Å². The number of nitrogens with zero attached hydrogens (tertiary/aromatic N) is 3. The molecule has 38 heavy (non-hydrogen) atoms. The van der Waals surface area contributed by atoms with Gasteiger partial charge in [-0.05, 0) is 78.4 Å². The highest BCUT2D eigenvalue weighted by atomic mass is 35.5. The van der Waals surface area contributed by atoms with E-state index in [1.54, 1.807) is 12.5 Å². The summed E-state index contributed by atoms with van der Waals surface area (Å²) in [5.41, 5.74) is 13.1. The number of aromatic nitrogens is 3. The third kappa shape index (κ3) is 3.77. The smallest absolute Gasteiger partial charge is 0.254 e. The number of aryl methyl sites for hydroxylation is 1. The van der Waals surface area contributed by atoms with Crippen molar-refractivity contribution in [3.05, 3.63) is 123 Å². The van der Waals surface area contributed by atoms with E-state index in [0.29, 0.717) is 10.6 Å². The molecule has 188 valence electrons. The van der Waals surface area contributed by atoms with Crippen LogP contribution in [0.1, 0.15) is 46.8 Å². The molecule has 1 saturated carbocycles. The zero-order valence-electron chi connectivity index (χ0n) is 21.3. The van der Waals surface area contributed by atoms with Crippen LogP contribution in [-0.4, -0.2) is 14.1 Å². The van der Waals surface area contributed by atoms with E-state index in [1.807, 2.05) is 83.8 Å². The average Bonchev–Trinajstić information content (AvgIpc) is 3.67. The molecule has 0 saturated heterocycles. The molecular weight excluding hydrogens is 492 g/mol. The molecule has 1 aliphatic rings. The van der Waals surface area contributed by atoms with E-state index in [4.69, 9.17) is 23.8 Å². The van der Waals surface area contributed by atoms with Crippen LogP contribution in [0, 0.1) is 19.3 Å². The van der Waals surface area contributed by atoms with Crippen LogP contribution >= 0.6 is 11.6 Å². The van der Waals surface area contributed by atoms with E-state index in [1.165, 1.54) is 0 Å². The molecule has 1 fully saturated rings. The highest BCUT2D eigenvalue weighted by Gasteiger charge is 2.36. The Hall–Kier alpha value is -4.11. The van der Waals surface area contributed by atoms with Crippen molar-refractivity contribution in [3.8, 4) is 23.5 Å². The van der Waals surface area contributed by atoms with Gasteiger partial charge in [-0.25, -0.2) is 4.98 Å². The van der Waals surface area contributed by atoms with E-state index in [-0.39, 0.29) is 11.6 Å². The van der Waals surface area contributed by atoms with Crippen LogP contribution in [0.4, 0.5) is 0 Å². The van der Waals surface area contributed by atoms with Gasteiger partial charge >= 0.3 is 0 Å². The van der Waals surface area contributed by atoms with Gasteiger partial charge < -0.3 is 14.9 Å². The van der Waals surface area contributed by atoms with Crippen molar-refractivity contribution in [1.82, 2.24) is 14.1 Å². The third-order valence-corrected chi connectivity index (χ3v) is 7.90. The molecule has 2 N–H and O–H groups in total. The Labute approximate surface area is 226 Å². The summed E-state index contributed by atoms with van der Waals surface area (Å²) in [6.07, 6.45) is 11.3. The molecule has 5 aromatic rings. The summed E-state index contributed by atoms with van der Waals surface area (Å²) >= 11 is 6.24. The topological polar surface area (TPSA) is 65.8 Å². The molecule has 1 aliphatic carbocycles. The van der Waals surface area contributed by atoms with E-state index in [0.717, 1.165) is 57.3 Å². The van der Waals surface area contributed by atoms with Crippen molar-refractivity contribution >= 4 is 22.5 Å². The van der Waals surface area contributed by atoms with Crippen LogP contribution in [-0.2, 0) is 12.6 Å². The minimum Gasteiger partial charge on any atom is -0.336 e. The summed E-state index contributed by atoms with van der Waals surface area (Å²) in [6.45, 7) is 1.90. The predicted molar refractivity (Wildman–Crippen MR) is 153 cm³/mol. The number of imidazole rings is 1. The number of nitrogens with two attached hydrogens (primary N) is 1. The Morgan fingerprint density at radius 1 is 1.08 bits per heavy atom. The lowest BCUT2D eigenvalue weighted by atomic mass is 9.80. The number of terminal acetylenes is 1. The van der Waals surface area contributed by atoms with Crippen LogP contribution in [0.15, 0.2) is 84.0 Å². The first-order valence-electron chi connectivity index (χ1n) is 12.6. The molecule has 3 aromatic carbocycles. The molecule has 1 unspecified atom stereocenters. The maximum absolute atomic E-state index is 13.7. The minimum atomic E-state index is -1.02. The van der Waals surface area contributed by atoms with Crippen LogP contribution < -0.4 is 11.3 Å². The molecule has 0 amide bonds. The largest absolute Gasteiger partial charge is 0.336 e. The van der Waals surface area contributed by atoms with Gasteiger partial charge in [0.1, 0.15) is 5.54 Å². The lowest BCUT2D eigenvalue weighted by Crippen LogP contribution is -2.41. The molecule has 6 heteroatoms. The van der Waals surface area contributed by atoms with Gasteiger partial charge in [-0.15, -0.1) is 6.42 Å². The predicted octanol–water partition coefficient (Wildman–Crippen LogP) is 5.93. The fraction of sp³-hybridized carbons (Fsp3) is 0.188. The highest BCUT2D eigenvalue weighted by Crippen LogP contribution is 2.42. The second-order valence-corrected chi connectivity index (χ2v) is 10.5. The van der Waals surface area contributed by atoms with E-state index < -0.39 is 5.54 Å². The monoisotopic (exact) mass is 518 g/mol. The first-order chi connectivity index (χ1) is 18.3. The molecule has 5 nitrogen and oxygen atoms in total. The average molecular weight is 519 g/mol. The zero-order valence-corrected chi connectivity index (χ0v) is 22.0. The third-order valence-electron chi connectivity index (χ3n) is 7.65. The van der Waals surface area contributed by atoms with Crippen LogP contribution in [0.2, 0.25) is 5.02 Å². The summed E-state index contributed by atoms with van der Waals surface area (Å²) in [5, 5.41) is 1.60. The Morgan fingerprint density at radius 3 is 2.47 bits per heavy atom. The van der Waals surface area contributed by atoms with Gasteiger partial charge in [0.05, 0.1) is 23.7 Å². The maximum atomic E-state index is 13.7. The molecule has 0 spiro atoms. The van der Waals surface area contributed by atoms with E-state index in [9.17, 15) is 4.79 Å². The fourth-order valence-electron chi connectivity index (χ4n) is 5.53. The van der Waals surface area contributed by atoms with Gasteiger partial charge in [0.2, 0.25) is 0 Å². The Morgan fingerprint density at radius 2 is 1.82 bits per heavy atom. The van der Waals surface area contributed by atoms with Gasteiger partial charge in [-0.1, -0.05) is 47.9 Å². The summed E-state index contributed by atoms with van der Waals surface area (Å²) in [7, 11) is 1.94. The standard InChI is InChI=1S/C32H27ClN4O/c1-4-21-6-5-7-22(16-21)30-20(2)31(38)37(26-13-14-26)28-15-10-24(17-27(28)30)32(34,29-18-35-19-36(29)3)23-8-11-25(33)12-9-23/h1,5-12,15-19,26H,13-14,34H2,2-3H3. The molecule has 6 rings (SSSR count). The first kappa shape index (κ1) is 24.2. The Bertz CT molecular complexity index is 1800. The summed E-state index contributed by atoms with van der Waals surface area (Å²) in [5.74, 6) is 2.72. The Balaban J connectivity index is 1.70. The van der Waals surface area contributed by atoms with Crippen molar-refractivity contribution in [1.29, 1.82) is 0 Å². The number of hydrogen-bond acceptors (Lipinski definition) is 3.